The number of hydrogen-bond acceptors (Lipinski definition) is 2. The standard InChI is InChI=1S/C6H11NO2.C2H6/c1-2-3-5-4-9-6(8)7-5;1-2/h5H,2-4H2,1H3,(H,7,8);1-2H3. The fourth-order valence-electron chi connectivity index (χ4n) is 0.930. The van der Waals surface area contributed by atoms with Gasteiger partial charge in [0.1, 0.15) is 6.61 Å². The van der Waals surface area contributed by atoms with Crippen molar-refractivity contribution in [1.82, 2.24) is 5.32 Å². The van der Waals surface area contributed by atoms with E-state index in [1.807, 2.05) is 13.8 Å². The first-order valence-corrected chi connectivity index (χ1v) is 4.26. The van der Waals surface area contributed by atoms with Gasteiger partial charge in [0.05, 0.1) is 6.04 Å². The van der Waals surface area contributed by atoms with E-state index in [4.69, 9.17) is 0 Å². The number of rotatable bonds is 2. The molecular weight excluding hydrogens is 142 g/mol. The lowest BCUT2D eigenvalue weighted by molar-refractivity contribution is 0.176. The van der Waals surface area contributed by atoms with Gasteiger partial charge in [0.15, 0.2) is 0 Å². The number of alkyl carbamates (subject to hydrolysis) is 1. The van der Waals surface area contributed by atoms with Gasteiger partial charge < -0.3 is 10.1 Å². The highest BCUT2D eigenvalue weighted by Gasteiger charge is 2.20. The lowest BCUT2D eigenvalue weighted by Crippen LogP contribution is -2.25. The van der Waals surface area contributed by atoms with Gasteiger partial charge in [-0.1, -0.05) is 27.2 Å². The summed E-state index contributed by atoms with van der Waals surface area (Å²) in [6.07, 6.45) is 1.84. The average molecular weight is 159 g/mol. The van der Waals surface area contributed by atoms with Crippen LogP contribution in [0.4, 0.5) is 4.79 Å². The van der Waals surface area contributed by atoms with E-state index in [-0.39, 0.29) is 12.1 Å². The maximum absolute atomic E-state index is 10.4. The minimum Gasteiger partial charge on any atom is -0.447 e. The number of ether oxygens (including phenoxy) is 1. The Morgan fingerprint density at radius 1 is 1.64 bits per heavy atom. The highest BCUT2D eigenvalue weighted by molar-refractivity contribution is 5.69. The molecule has 0 saturated carbocycles. The summed E-state index contributed by atoms with van der Waals surface area (Å²) in [6, 6.07) is 0.266. The molecule has 0 aromatic heterocycles. The lowest BCUT2D eigenvalue weighted by Gasteiger charge is -2.01. The number of nitrogens with one attached hydrogen (secondary N) is 1. The molecule has 0 aromatic carbocycles. The van der Waals surface area contributed by atoms with Crippen molar-refractivity contribution in [2.24, 2.45) is 0 Å². The molecule has 66 valence electrons. The third-order valence-electron chi connectivity index (χ3n) is 1.37. The number of cyclic esters (lactones) is 1. The van der Waals surface area contributed by atoms with Crippen LogP contribution in [-0.4, -0.2) is 18.7 Å². The average Bonchev–Trinajstić information content (AvgIpc) is 2.41. The molecule has 3 nitrogen and oxygen atoms in total. The van der Waals surface area contributed by atoms with E-state index in [0.717, 1.165) is 12.8 Å². The topological polar surface area (TPSA) is 38.3 Å². The largest absolute Gasteiger partial charge is 0.447 e. The molecule has 0 aromatic rings. The van der Waals surface area contributed by atoms with E-state index in [0.29, 0.717) is 6.61 Å². The zero-order valence-corrected chi connectivity index (χ0v) is 7.52. The first kappa shape index (κ1) is 10.3. The Balaban J connectivity index is 0.000000461. The van der Waals surface area contributed by atoms with Gasteiger partial charge in [-0.25, -0.2) is 4.79 Å². The zero-order valence-electron chi connectivity index (χ0n) is 7.52. The van der Waals surface area contributed by atoms with Crippen molar-refractivity contribution in [3.8, 4) is 0 Å². The van der Waals surface area contributed by atoms with E-state index in [1.165, 1.54) is 0 Å². The van der Waals surface area contributed by atoms with E-state index < -0.39 is 0 Å². The van der Waals surface area contributed by atoms with Gasteiger partial charge in [-0.15, -0.1) is 0 Å². The van der Waals surface area contributed by atoms with Crippen molar-refractivity contribution in [2.75, 3.05) is 6.61 Å². The second-order valence-electron chi connectivity index (χ2n) is 2.23. The number of hydrogen-bond donors (Lipinski definition) is 1. The van der Waals surface area contributed by atoms with Gasteiger partial charge in [-0.3, -0.25) is 0 Å². The predicted octanol–water partition coefficient (Wildman–Crippen LogP) is 1.92. The highest BCUT2D eigenvalue weighted by Crippen LogP contribution is 2.03. The molecule has 1 aliphatic heterocycles. The Labute approximate surface area is 68.1 Å². The first-order chi connectivity index (χ1) is 5.33. The summed E-state index contributed by atoms with van der Waals surface area (Å²) in [5.74, 6) is 0. The summed E-state index contributed by atoms with van der Waals surface area (Å²) in [5, 5.41) is 2.69. The molecule has 0 spiro atoms. The quantitative estimate of drug-likeness (QED) is 0.668. The Kier molecular flexibility index (Phi) is 5.61. The van der Waals surface area contributed by atoms with Crippen molar-refractivity contribution in [3.05, 3.63) is 0 Å². The van der Waals surface area contributed by atoms with Gasteiger partial charge in [0.25, 0.3) is 0 Å². The molecular formula is C8H17NO2. The summed E-state index contributed by atoms with van der Waals surface area (Å²) in [6.45, 7) is 6.64. The Hall–Kier alpha value is -0.730. The van der Waals surface area contributed by atoms with Crippen LogP contribution in [0.3, 0.4) is 0 Å². The molecule has 1 amide bonds. The van der Waals surface area contributed by atoms with E-state index in [2.05, 4.69) is 17.0 Å². The van der Waals surface area contributed by atoms with E-state index >= 15 is 0 Å². The molecule has 1 unspecified atom stereocenters. The van der Waals surface area contributed by atoms with Crippen LogP contribution in [0.1, 0.15) is 33.6 Å². The molecule has 0 bridgehead atoms. The first-order valence-electron chi connectivity index (χ1n) is 4.26. The van der Waals surface area contributed by atoms with Gasteiger partial charge >= 0.3 is 6.09 Å². The Bertz CT molecular complexity index is 115. The summed E-state index contributed by atoms with van der Waals surface area (Å²) in [4.78, 5) is 10.4. The van der Waals surface area contributed by atoms with Crippen LogP contribution >= 0.6 is 0 Å². The summed E-state index contributed by atoms with van der Waals surface area (Å²) in [7, 11) is 0. The molecule has 1 heterocycles. The lowest BCUT2D eigenvalue weighted by atomic mass is 10.2. The van der Waals surface area contributed by atoms with Crippen LogP contribution in [0.2, 0.25) is 0 Å². The SMILES string of the molecule is CC.CCCC1COC(=O)N1. The normalized spacial score (nSPS) is 21.4. The minimum absolute atomic E-state index is 0.266. The Morgan fingerprint density at radius 2 is 2.27 bits per heavy atom. The van der Waals surface area contributed by atoms with Crippen LogP contribution in [0, 0.1) is 0 Å². The number of carbonyl (C=O) groups is 1. The van der Waals surface area contributed by atoms with E-state index in [1.54, 1.807) is 0 Å². The van der Waals surface area contributed by atoms with Gasteiger partial charge in [0, 0.05) is 0 Å². The second kappa shape index (κ2) is 6.01. The van der Waals surface area contributed by atoms with Crippen molar-refractivity contribution >= 4 is 6.09 Å². The summed E-state index contributed by atoms with van der Waals surface area (Å²) >= 11 is 0. The molecule has 3 heteroatoms. The molecule has 0 radical (unpaired) electrons. The highest BCUT2D eigenvalue weighted by atomic mass is 16.6. The summed E-state index contributed by atoms with van der Waals surface area (Å²) < 4.78 is 4.67. The molecule has 0 aliphatic carbocycles. The molecule has 1 aliphatic rings. The van der Waals surface area contributed by atoms with Crippen molar-refractivity contribution in [3.63, 3.8) is 0 Å². The molecule has 1 saturated heterocycles. The van der Waals surface area contributed by atoms with Gasteiger partial charge in [0.2, 0.25) is 0 Å². The van der Waals surface area contributed by atoms with Crippen LogP contribution in [0.15, 0.2) is 0 Å². The van der Waals surface area contributed by atoms with Crippen molar-refractivity contribution in [2.45, 2.75) is 39.7 Å². The smallest absolute Gasteiger partial charge is 0.407 e. The maximum Gasteiger partial charge on any atom is 0.407 e. The van der Waals surface area contributed by atoms with Gasteiger partial charge in [-0.2, -0.15) is 0 Å². The third kappa shape index (κ3) is 3.86. The fourth-order valence-corrected chi connectivity index (χ4v) is 0.930. The van der Waals surface area contributed by atoms with Crippen molar-refractivity contribution < 1.29 is 9.53 Å². The van der Waals surface area contributed by atoms with Crippen LogP contribution in [0.5, 0.6) is 0 Å². The predicted molar refractivity (Wildman–Crippen MR) is 44.5 cm³/mol. The Morgan fingerprint density at radius 3 is 2.64 bits per heavy atom. The molecule has 1 fully saturated rings. The fraction of sp³-hybridized carbons (Fsp3) is 0.875. The van der Waals surface area contributed by atoms with Crippen molar-refractivity contribution in [1.29, 1.82) is 0 Å². The monoisotopic (exact) mass is 159 g/mol. The van der Waals surface area contributed by atoms with Crippen LogP contribution in [0.25, 0.3) is 0 Å². The molecule has 1 rings (SSSR count). The number of carbonyl (C=O) groups excluding carboxylic acids is 1. The zero-order chi connectivity index (χ0) is 8.69. The van der Waals surface area contributed by atoms with Gasteiger partial charge in [-0.05, 0) is 6.42 Å². The molecule has 1 atom stereocenters. The van der Waals surface area contributed by atoms with E-state index in [9.17, 15) is 4.79 Å². The molecule has 1 N–H and O–H groups in total. The third-order valence-corrected chi connectivity index (χ3v) is 1.37. The van der Waals surface area contributed by atoms with Crippen LogP contribution in [-0.2, 0) is 4.74 Å². The summed E-state index contributed by atoms with van der Waals surface area (Å²) in [5.41, 5.74) is 0. The molecule has 11 heavy (non-hydrogen) atoms. The second-order valence-corrected chi connectivity index (χ2v) is 2.23. The maximum atomic E-state index is 10.4. The number of amides is 1. The van der Waals surface area contributed by atoms with Crippen LogP contribution < -0.4 is 5.32 Å². The minimum atomic E-state index is -0.270.